The number of hydrogen-bond acceptors (Lipinski definition) is 2. The van der Waals surface area contributed by atoms with Crippen molar-refractivity contribution in [1.29, 1.82) is 0 Å². The van der Waals surface area contributed by atoms with Gasteiger partial charge < -0.3 is 10.2 Å². The first-order chi connectivity index (χ1) is 6.20. The highest BCUT2D eigenvalue weighted by atomic mass is 19.1. The summed E-state index contributed by atoms with van der Waals surface area (Å²) in [6, 6.07) is 3.31. The normalized spacial score (nSPS) is 10.5. The van der Waals surface area contributed by atoms with E-state index >= 15 is 0 Å². The summed E-state index contributed by atoms with van der Waals surface area (Å²) in [5, 5.41) is 17.6. The molecule has 0 aliphatic heterocycles. The Labute approximate surface area is 76.6 Å². The molecule has 0 bridgehead atoms. The zero-order valence-corrected chi connectivity index (χ0v) is 7.55. The van der Waals surface area contributed by atoms with Crippen molar-refractivity contribution in [3.05, 3.63) is 34.6 Å². The smallest absolute Gasteiger partial charge is 0.129 e. The Bertz CT molecular complexity index is 297. The van der Waals surface area contributed by atoms with Crippen LogP contribution in [0.5, 0.6) is 0 Å². The van der Waals surface area contributed by atoms with Gasteiger partial charge in [0.15, 0.2) is 0 Å². The molecule has 0 heterocycles. The SMILES string of the molecule is Cc1ccc(CO)c(CCO)c1F. The molecule has 0 aromatic heterocycles. The molecule has 0 saturated heterocycles. The van der Waals surface area contributed by atoms with Crippen molar-refractivity contribution < 1.29 is 14.6 Å². The van der Waals surface area contributed by atoms with Gasteiger partial charge in [0, 0.05) is 6.61 Å². The zero-order chi connectivity index (χ0) is 9.84. The van der Waals surface area contributed by atoms with Crippen LogP contribution in [-0.4, -0.2) is 16.8 Å². The number of aliphatic hydroxyl groups excluding tert-OH is 2. The number of hydrogen-bond donors (Lipinski definition) is 2. The Morgan fingerprint density at radius 3 is 2.54 bits per heavy atom. The van der Waals surface area contributed by atoms with E-state index < -0.39 is 0 Å². The van der Waals surface area contributed by atoms with E-state index in [0.717, 1.165) is 0 Å². The Morgan fingerprint density at radius 2 is 2.00 bits per heavy atom. The van der Waals surface area contributed by atoms with Gasteiger partial charge in [-0.3, -0.25) is 0 Å². The number of aryl methyl sites for hydroxylation is 1. The van der Waals surface area contributed by atoms with Crippen molar-refractivity contribution in [3.8, 4) is 0 Å². The van der Waals surface area contributed by atoms with Crippen LogP contribution in [0.2, 0.25) is 0 Å². The van der Waals surface area contributed by atoms with E-state index in [0.29, 0.717) is 16.7 Å². The summed E-state index contributed by atoms with van der Waals surface area (Å²) < 4.78 is 13.4. The third-order valence-corrected chi connectivity index (χ3v) is 2.07. The lowest BCUT2D eigenvalue weighted by atomic mass is 10.0. The van der Waals surface area contributed by atoms with Crippen LogP contribution in [0.1, 0.15) is 16.7 Å². The highest BCUT2D eigenvalue weighted by molar-refractivity contribution is 5.33. The molecule has 2 N–H and O–H groups in total. The quantitative estimate of drug-likeness (QED) is 0.740. The third-order valence-electron chi connectivity index (χ3n) is 2.07. The first-order valence-corrected chi connectivity index (χ1v) is 4.19. The molecule has 0 aliphatic carbocycles. The molecule has 1 rings (SSSR count). The molecule has 0 spiro atoms. The molecule has 2 nitrogen and oxygen atoms in total. The Balaban J connectivity index is 3.15. The Kier molecular flexibility index (Phi) is 3.39. The van der Waals surface area contributed by atoms with Crippen LogP contribution >= 0.6 is 0 Å². The molecule has 13 heavy (non-hydrogen) atoms. The van der Waals surface area contributed by atoms with E-state index in [9.17, 15) is 4.39 Å². The molecule has 0 amide bonds. The molecule has 0 radical (unpaired) electrons. The van der Waals surface area contributed by atoms with Gasteiger partial charge in [0.05, 0.1) is 6.61 Å². The van der Waals surface area contributed by atoms with Crippen LogP contribution in [0, 0.1) is 12.7 Å². The number of benzene rings is 1. The number of halogens is 1. The molecular weight excluding hydrogens is 171 g/mol. The molecule has 1 aromatic carbocycles. The van der Waals surface area contributed by atoms with Gasteiger partial charge in [0.2, 0.25) is 0 Å². The average Bonchev–Trinajstić information content (AvgIpc) is 2.14. The summed E-state index contributed by atoms with van der Waals surface area (Å²) in [5.74, 6) is -0.319. The van der Waals surface area contributed by atoms with Crippen LogP contribution in [0.15, 0.2) is 12.1 Å². The van der Waals surface area contributed by atoms with Gasteiger partial charge in [-0.1, -0.05) is 12.1 Å². The molecule has 0 saturated carbocycles. The third kappa shape index (κ3) is 2.05. The Morgan fingerprint density at radius 1 is 1.31 bits per heavy atom. The molecule has 0 aliphatic rings. The van der Waals surface area contributed by atoms with E-state index in [1.165, 1.54) is 0 Å². The molecular formula is C10H13FO2. The lowest BCUT2D eigenvalue weighted by molar-refractivity contribution is 0.274. The fourth-order valence-electron chi connectivity index (χ4n) is 1.31. The maximum Gasteiger partial charge on any atom is 0.129 e. The molecule has 3 heteroatoms. The summed E-state index contributed by atoms with van der Waals surface area (Å²) in [4.78, 5) is 0. The summed E-state index contributed by atoms with van der Waals surface area (Å²) >= 11 is 0. The zero-order valence-electron chi connectivity index (χ0n) is 7.55. The Hall–Kier alpha value is -0.930. The molecule has 0 unspecified atom stereocenters. The van der Waals surface area contributed by atoms with E-state index in [1.807, 2.05) is 0 Å². The minimum atomic E-state index is -0.319. The first-order valence-electron chi connectivity index (χ1n) is 4.19. The van der Waals surface area contributed by atoms with Crippen molar-refractivity contribution >= 4 is 0 Å². The van der Waals surface area contributed by atoms with E-state index in [-0.39, 0.29) is 25.5 Å². The van der Waals surface area contributed by atoms with Crippen LogP contribution in [0.3, 0.4) is 0 Å². The van der Waals surface area contributed by atoms with Crippen LogP contribution < -0.4 is 0 Å². The predicted molar refractivity (Wildman–Crippen MR) is 47.8 cm³/mol. The van der Waals surface area contributed by atoms with Crippen molar-refractivity contribution in [3.63, 3.8) is 0 Å². The predicted octanol–water partition coefficient (Wildman–Crippen LogP) is 1.16. The monoisotopic (exact) mass is 184 g/mol. The molecule has 72 valence electrons. The lowest BCUT2D eigenvalue weighted by Crippen LogP contribution is -2.03. The fourth-order valence-corrected chi connectivity index (χ4v) is 1.31. The van der Waals surface area contributed by atoms with Gasteiger partial charge in [-0.2, -0.15) is 0 Å². The van der Waals surface area contributed by atoms with Gasteiger partial charge in [-0.25, -0.2) is 4.39 Å². The fraction of sp³-hybridized carbons (Fsp3) is 0.400. The first kappa shape index (κ1) is 10.2. The van der Waals surface area contributed by atoms with E-state index in [4.69, 9.17) is 10.2 Å². The number of aliphatic hydroxyl groups is 2. The second-order valence-corrected chi connectivity index (χ2v) is 2.97. The van der Waals surface area contributed by atoms with Crippen molar-refractivity contribution in [2.75, 3.05) is 6.61 Å². The highest BCUT2D eigenvalue weighted by Gasteiger charge is 2.09. The molecule has 0 atom stereocenters. The van der Waals surface area contributed by atoms with Crippen LogP contribution in [0.25, 0.3) is 0 Å². The summed E-state index contributed by atoms with van der Waals surface area (Å²) in [6.07, 6.45) is 0.253. The second kappa shape index (κ2) is 4.35. The molecule has 0 fully saturated rings. The van der Waals surface area contributed by atoms with Gasteiger partial charge in [-0.15, -0.1) is 0 Å². The topological polar surface area (TPSA) is 40.5 Å². The van der Waals surface area contributed by atoms with E-state index in [1.54, 1.807) is 19.1 Å². The van der Waals surface area contributed by atoms with Gasteiger partial charge in [-0.05, 0) is 30.0 Å². The van der Waals surface area contributed by atoms with Gasteiger partial charge >= 0.3 is 0 Å². The second-order valence-electron chi connectivity index (χ2n) is 2.97. The summed E-state index contributed by atoms with van der Waals surface area (Å²) in [5.41, 5.74) is 1.52. The largest absolute Gasteiger partial charge is 0.396 e. The van der Waals surface area contributed by atoms with E-state index in [2.05, 4.69) is 0 Å². The minimum absolute atomic E-state index is 0.104. The van der Waals surface area contributed by atoms with Crippen LogP contribution in [-0.2, 0) is 13.0 Å². The lowest BCUT2D eigenvalue weighted by Gasteiger charge is -2.09. The maximum atomic E-state index is 13.4. The number of rotatable bonds is 3. The van der Waals surface area contributed by atoms with Crippen molar-refractivity contribution in [2.45, 2.75) is 20.0 Å². The molecule has 1 aromatic rings. The average molecular weight is 184 g/mol. The van der Waals surface area contributed by atoms with Gasteiger partial charge in [0.25, 0.3) is 0 Å². The minimum Gasteiger partial charge on any atom is -0.396 e. The van der Waals surface area contributed by atoms with Gasteiger partial charge in [0.1, 0.15) is 5.82 Å². The summed E-state index contributed by atoms with van der Waals surface area (Å²) in [6.45, 7) is 1.37. The maximum absolute atomic E-state index is 13.4. The van der Waals surface area contributed by atoms with Crippen molar-refractivity contribution in [1.82, 2.24) is 0 Å². The standard InChI is InChI=1S/C10H13FO2/c1-7-2-3-8(6-13)9(4-5-12)10(7)11/h2-3,12-13H,4-6H2,1H3. The van der Waals surface area contributed by atoms with Crippen LogP contribution in [0.4, 0.5) is 4.39 Å². The van der Waals surface area contributed by atoms with Crippen molar-refractivity contribution in [2.24, 2.45) is 0 Å². The highest BCUT2D eigenvalue weighted by Crippen LogP contribution is 2.17. The summed E-state index contributed by atoms with van der Waals surface area (Å²) in [7, 11) is 0.